The second kappa shape index (κ2) is 16.7. The van der Waals surface area contributed by atoms with E-state index in [0.29, 0.717) is 11.3 Å². The number of nitrogens with one attached hydrogen (secondary N) is 1. The van der Waals surface area contributed by atoms with E-state index in [1.807, 2.05) is 5.32 Å². The van der Waals surface area contributed by atoms with Gasteiger partial charge in [0, 0.05) is 24.5 Å². The molecule has 1 aliphatic heterocycles. The van der Waals surface area contributed by atoms with E-state index in [-0.39, 0.29) is 16.4 Å². The second-order valence-electron chi connectivity index (χ2n) is 13.3. The fraction of sp³-hybridized carbons (Fsp3) is 0.368. The molecule has 7 nitrogen and oxygen atoms in total. The van der Waals surface area contributed by atoms with Crippen LogP contribution in [-0.4, -0.2) is 40.2 Å². The van der Waals surface area contributed by atoms with Crippen molar-refractivity contribution in [3.8, 4) is 5.75 Å². The molecule has 1 aliphatic rings. The van der Waals surface area contributed by atoms with E-state index in [9.17, 15) is 22.4 Å². The number of imidazole rings is 1. The number of hydrogen-bond acceptors (Lipinski definition) is 4. The third-order valence-electron chi connectivity index (χ3n) is 8.28. The molecule has 1 aromatic heterocycles. The summed E-state index contributed by atoms with van der Waals surface area (Å²) in [6.45, 7) is 21.1. The fourth-order valence-corrected chi connectivity index (χ4v) is 8.15. The number of alkyl halides is 4. The van der Waals surface area contributed by atoms with E-state index in [1.165, 1.54) is 74.6 Å². The quantitative estimate of drug-likeness (QED) is 0.0792. The first kappa shape index (κ1) is 41.3. The van der Waals surface area contributed by atoms with Gasteiger partial charge in [-0.1, -0.05) is 35.4 Å². The monoisotopic (exact) mass is 851 g/mol. The third-order valence-corrected chi connectivity index (χ3v) is 10.1. The molecular weight excluding hydrogens is 806 g/mol. The summed E-state index contributed by atoms with van der Waals surface area (Å²) in [7, 11) is 13.1. The summed E-state index contributed by atoms with van der Waals surface area (Å²) in [4.78, 5) is 16.8. The van der Waals surface area contributed by atoms with Crippen molar-refractivity contribution in [2.24, 2.45) is 7.05 Å². The number of nitrogens with zero attached hydrogens (tertiary/aromatic N) is 4. The summed E-state index contributed by atoms with van der Waals surface area (Å²) in [6.07, 6.45) is 2.45. The van der Waals surface area contributed by atoms with Crippen LogP contribution >= 0.6 is 19.4 Å². The van der Waals surface area contributed by atoms with Crippen LogP contribution in [0.15, 0.2) is 61.2 Å². The van der Waals surface area contributed by atoms with Gasteiger partial charge in [-0.15, -0.1) is 0 Å². The van der Waals surface area contributed by atoms with Crippen LogP contribution in [0, 0.1) is 48.2 Å². The van der Waals surface area contributed by atoms with Crippen LogP contribution < -0.4 is 24.4 Å². The van der Waals surface area contributed by atoms with E-state index in [0.717, 1.165) is 36.4 Å². The Morgan fingerprint density at radius 3 is 1.83 bits per heavy atom. The summed E-state index contributed by atoms with van der Waals surface area (Å²) in [6, 6.07) is 8.29. The molecule has 1 amide bonds. The van der Waals surface area contributed by atoms with Crippen molar-refractivity contribution < 1.29 is 45.2 Å². The van der Waals surface area contributed by atoms with Gasteiger partial charge in [-0.2, -0.15) is 6.67 Å². The summed E-state index contributed by atoms with van der Waals surface area (Å²) >= 11 is -2.32. The molecule has 52 heavy (non-hydrogen) atoms. The van der Waals surface area contributed by atoms with Gasteiger partial charge in [-0.3, -0.25) is 0 Å². The Morgan fingerprint density at radius 1 is 0.904 bits per heavy atom. The minimum Gasteiger partial charge on any atom is -0.502 e. The minimum atomic E-state index is -5.02. The van der Waals surface area contributed by atoms with Gasteiger partial charge in [-0.25, -0.2) is 0 Å². The predicted octanol–water partition coefficient (Wildman–Crippen LogP) is 8.98. The number of hydrogen-bond donors (Lipinski definition) is 1. The first-order chi connectivity index (χ1) is 24.2. The molecule has 0 bridgehead atoms. The first-order valence-electron chi connectivity index (χ1n) is 16.5. The molecule has 284 valence electrons. The van der Waals surface area contributed by atoms with E-state index < -0.39 is 31.4 Å². The van der Waals surface area contributed by atoms with Crippen molar-refractivity contribution in [2.75, 3.05) is 28.2 Å². The van der Waals surface area contributed by atoms with Crippen molar-refractivity contribution >= 4 is 47.0 Å². The number of carbonyl (C=O) groups excluding carboxylic acids is 1. The number of aryl methyl sites for hydroxylation is 7. The molecule has 0 spiro atoms. The van der Waals surface area contributed by atoms with Crippen molar-refractivity contribution in [1.29, 1.82) is 0 Å². The molecule has 3 aromatic carbocycles. The van der Waals surface area contributed by atoms with Gasteiger partial charge >= 0.3 is 178 Å². The van der Waals surface area contributed by atoms with E-state index >= 15 is 0 Å². The van der Waals surface area contributed by atoms with Crippen LogP contribution in [-0.2, 0) is 31.4 Å². The first-order valence-corrected chi connectivity index (χ1v) is 22.0. The number of halogens is 6. The number of amides is 1. The molecule has 1 N–H and O–H groups in total. The Balaban J connectivity index is 0.000000238. The SMILES string of the molecule is CC(C)Oc1ccc(NC(=O)C(F)(F)C(F)(F)n2cc[n+](C)c2)cc1[CH]=[Ru]([Cl])[Cl].Cc1cc(C)c(N2[CH-]N(c3c(C)cc(C)cc3C)CC2)c(C)c1. The molecule has 0 unspecified atom stereocenters. The summed E-state index contributed by atoms with van der Waals surface area (Å²) in [5.74, 6) is -6.81. The van der Waals surface area contributed by atoms with Crippen LogP contribution in [0.1, 0.15) is 52.8 Å². The third kappa shape index (κ3) is 9.55. The van der Waals surface area contributed by atoms with E-state index in [4.69, 9.17) is 24.1 Å². The molecule has 0 saturated carbocycles. The van der Waals surface area contributed by atoms with Gasteiger partial charge < -0.3 is 9.80 Å². The number of rotatable bonds is 9. The molecular formula is C38H45Cl2F4N5O2Ru. The molecule has 5 rings (SSSR count). The second-order valence-corrected chi connectivity index (χ2v) is 19.0. The summed E-state index contributed by atoms with van der Waals surface area (Å²) < 4.78 is 65.2. The zero-order valence-electron chi connectivity index (χ0n) is 30.6. The predicted molar refractivity (Wildman–Crippen MR) is 199 cm³/mol. The zero-order valence-corrected chi connectivity index (χ0v) is 33.9. The zero-order chi connectivity index (χ0) is 38.7. The number of benzene rings is 3. The Hall–Kier alpha value is -3.47. The molecule has 0 aliphatic carbocycles. The molecule has 14 heteroatoms. The molecule has 1 saturated heterocycles. The van der Waals surface area contributed by atoms with Crippen molar-refractivity contribution in [3.05, 3.63) is 107 Å². The van der Waals surface area contributed by atoms with Crippen LogP contribution in [0.3, 0.4) is 0 Å². The maximum absolute atomic E-state index is 14.3. The van der Waals surface area contributed by atoms with Crippen LogP contribution in [0.5, 0.6) is 5.75 Å². The minimum absolute atomic E-state index is 0.0251. The van der Waals surface area contributed by atoms with Gasteiger partial charge in [0.05, 0.1) is 0 Å². The summed E-state index contributed by atoms with van der Waals surface area (Å²) in [5.41, 5.74) is 11.1. The van der Waals surface area contributed by atoms with Gasteiger partial charge in [0.25, 0.3) is 0 Å². The topological polar surface area (TPSA) is 53.6 Å². The van der Waals surface area contributed by atoms with Gasteiger partial charge in [0.2, 0.25) is 0 Å². The number of anilines is 3. The fourth-order valence-electron chi connectivity index (χ4n) is 6.36. The summed E-state index contributed by atoms with van der Waals surface area (Å²) in [5, 5.41) is 1.82. The van der Waals surface area contributed by atoms with Crippen LogP contribution in [0.25, 0.3) is 0 Å². The average Bonchev–Trinajstić information content (AvgIpc) is 3.67. The van der Waals surface area contributed by atoms with Gasteiger partial charge in [0.15, 0.2) is 0 Å². The number of ether oxygens (including phenoxy) is 1. The Labute approximate surface area is 316 Å². The molecule has 0 radical (unpaired) electrons. The molecule has 1 fully saturated rings. The largest absolute Gasteiger partial charge is 0.502 e. The van der Waals surface area contributed by atoms with Gasteiger partial charge in [-0.05, 0) is 63.8 Å². The maximum atomic E-state index is 14.3. The number of carbonyl (C=O) groups is 1. The van der Waals surface area contributed by atoms with Crippen LogP contribution in [0.4, 0.5) is 34.6 Å². The van der Waals surface area contributed by atoms with Crippen molar-refractivity contribution in [2.45, 2.75) is 73.5 Å². The average molecular weight is 852 g/mol. The van der Waals surface area contributed by atoms with E-state index in [1.54, 1.807) is 13.8 Å². The standard InChI is InChI=1S/C21H27N2.C17H17F4N3O2.2ClH.Ru/c1-14-9-16(3)20(17(4)10-14)22-7-8-23(13-22)21-18(5)11-15(2)12-19(21)6;1-11(2)26-14-6-5-13(9-12(14)3)22-15(25)16(18,19)17(20,21)24-8-7-23(4)10-24;;;/h9-13H,7-8H2,1-6H3;3,5-11H,1-2,4H3;2*1H;/q-1;;;;+2/p-1. The Bertz CT molecular complexity index is 1850. The smallest absolute Gasteiger partial charge is 0.0146 e. The maximum Gasteiger partial charge on any atom is 0.0146 e. The number of aromatic nitrogens is 2. The van der Waals surface area contributed by atoms with Crippen molar-refractivity contribution in [1.82, 2.24) is 4.57 Å². The normalized spacial score (nSPS) is 13.6. The molecule has 0 atom stereocenters. The van der Waals surface area contributed by atoms with Crippen LogP contribution in [0.2, 0.25) is 0 Å². The van der Waals surface area contributed by atoms with Crippen molar-refractivity contribution in [3.63, 3.8) is 0 Å². The van der Waals surface area contributed by atoms with E-state index in [2.05, 4.69) is 82.3 Å². The Morgan fingerprint density at radius 2 is 1.40 bits per heavy atom. The molecule has 4 aromatic rings. The van der Waals surface area contributed by atoms with Gasteiger partial charge in [0.1, 0.15) is 0 Å². The Kier molecular flexibility index (Phi) is 13.3. The molecule has 2 heterocycles.